The number of hydrogen-bond donors (Lipinski definition) is 1. The van der Waals surface area contributed by atoms with Crippen LogP contribution in [0.2, 0.25) is 10.0 Å². The summed E-state index contributed by atoms with van der Waals surface area (Å²) in [4.78, 5) is 0. The zero-order chi connectivity index (χ0) is 16.0. The second-order valence-electron chi connectivity index (χ2n) is 6.39. The Kier molecular flexibility index (Phi) is 3.87. The van der Waals surface area contributed by atoms with Gasteiger partial charge in [-0.1, -0.05) is 66.5 Å². The molecule has 2 aromatic carbocycles. The van der Waals surface area contributed by atoms with Crippen molar-refractivity contribution in [1.29, 1.82) is 0 Å². The van der Waals surface area contributed by atoms with Gasteiger partial charge in [0.05, 0.1) is 16.1 Å². The van der Waals surface area contributed by atoms with Crippen molar-refractivity contribution in [2.24, 2.45) is 5.92 Å². The maximum atomic E-state index is 6.50. The standard InChI is InChI=1S/C20H19Cl2N/c1-2-12-9-10-18-16(11-12)13-5-3-6-14(13)20(23-18)15-7-4-8-17(21)19(15)22/h3-5,7-11,13-14,20,23H,2,6H2,1H3/t13-,14+,20-/m1/s1. The van der Waals surface area contributed by atoms with Gasteiger partial charge in [0.15, 0.2) is 0 Å². The van der Waals surface area contributed by atoms with Gasteiger partial charge in [-0.3, -0.25) is 0 Å². The van der Waals surface area contributed by atoms with Crippen LogP contribution in [-0.4, -0.2) is 0 Å². The van der Waals surface area contributed by atoms with Crippen LogP contribution in [0.25, 0.3) is 0 Å². The number of rotatable bonds is 2. The summed E-state index contributed by atoms with van der Waals surface area (Å²) in [6, 6.07) is 12.9. The highest BCUT2D eigenvalue weighted by Gasteiger charge is 2.38. The third-order valence-corrected chi connectivity index (χ3v) is 5.99. The zero-order valence-electron chi connectivity index (χ0n) is 13.0. The monoisotopic (exact) mass is 343 g/mol. The van der Waals surface area contributed by atoms with Crippen molar-refractivity contribution in [3.63, 3.8) is 0 Å². The Bertz CT molecular complexity index is 781. The predicted molar refractivity (Wildman–Crippen MR) is 98.6 cm³/mol. The number of fused-ring (bicyclic) bond motifs is 3. The highest BCUT2D eigenvalue weighted by atomic mass is 35.5. The van der Waals surface area contributed by atoms with Crippen molar-refractivity contribution in [3.8, 4) is 0 Å². The molecular weight excluding hydrogens is 325 g/mol. The average Bonchev–Trinajstić information content (AvgIpc) is 3.06. The molecule has 0 unspecified atom stereocenters. The highest BCUT2D eigenvalue weighted by molar-refractivity contribution is 6.42. The quantitative estimate of drug-likeness (QED) is 0.623. The Morgan fingerprint density at radius 3 is 2.83 bits per heavy atom. The molecule has 1 aliphatic heterocycles. The number of anilines is 1. The van der Waals surface area contributed by atoms with Crippen LogP contribution in [0.5, 0.6) is 0 Å². The zero-order valence-corrected chi connectivity index (χ0v) is 14.5. The molecule has 2 aliphatic rings. The van der Waals surface area contributed by atoms with Crippen molar-refractivity contribution in [3.05, 3.63) is 75.3 Å². The molecule has 0 amide bonds. The number of halogens is 2. The second kappa shape index (κ2) is 5.89. The van der Waals surface area contributed by atoms with Gasteiger partial charge in [0.1, 0.15) is 0 Å². The van der Waals surface area contributed by atoms with Gasteiger partial charge in [-0.15, -0.1) is 0 Å². The molecule has 0 fully saturated rings. The van der Waals surface area contributed by atoms with E-state index in [0.29, 0.717) is 21.9 Å². The van der Waals surface area contributed by atoms with E-state index < -0.39 is 0 Å². The van der Waals surface area contributed by atoms with Crippen LogP contribution in [0.1, 0.15) is 42.0 Å². The first-order valence-corrected chi connectivity index (χ1v) is 8.94. The summed E-state index contributed by atoms with van der Waals surface area (Å²) in [5.41, 5.74) is 5.13. The fourth-order valence-corrected chi connectivity index (χ4v) is 4.36. The van der Waals surface area contributed by atoms with Gasteiger partial charge in [-0.2, -0.15) is 0 Å². The number of aryl methyl sites for hydroxylation is 1. The minimum absolute atomic E-state index is 0.196. The lowest BCUT2D eigenvalue weighted by Crippen LogP contribution is -2.29. The van der Waals surface area contributed by atoms with E-state index in [-0.39, 0.29) is 6.04 Å². The Morgan fingerprint density at radius 2 is 2.00 bits per heavy atom. The Morgan fingerprint density at radius 1 is 1.13 bits per heavy atom. The molecule has 3 heteroatoms. The molecule has 0 spiro atoms. The van der Waals surface area contributed by atoms with Crippen LogP contribution in [0.15, 0.2) is 48.6 Å². The number of nitrogens with one attached hydrogen (secondary N) is 1. The van der Waals surface area contributed by atoms with E-state index in [1.807, 2.05) is 12.1 Å². The van der Waals surface area contributed by atoms with Crippen LogP contribution in [0.4, 0.5) is 5.69 Å². The summed E-state index contributed by atoms with van der Waals surface area (Å²) in [7, 11) is 0. The van der Waals surface area contributed by atoms with Crippen molar-refractivity contribution in [2.45, 2.75) is 31.7 Å². The lowest BCUT2D eigenvalue weighted by atomic mass is 9.76. The molecule has 0 saturated heterocycles. The molecule has 0 saturated carbocycles. The highest BCUT2D eigenvalue weighted by Crippen LogP contribution is 2.51. The van der Waals surface area contributed by atoms with Crippen LogP contribution in [0, 0.1) is 5.92 Å². The van der Waals surface area contributed by atoms with Gasteiger partial charge in [0, 0.05) is 11.6 Å². The topological polar surface area (TPSA) is 12.0 Å². The first kappa shape index (κ1) is 15.1. The molecule has 1 nitrogen and oxygen atoms in total. The second-order valence-corrected chi connectivity index (χ2v) is 7.18. The maximum Gasteiger partial charge on any atom is 0.0645 e. The summed E-state index contributed by atoms with van der Waals surface area (Å²) in [6.07, 6.45) is 6.80. The molecule has 118 valence electrons. The van der Waals surface area contributed by atoms with Gasteiger partial charge in [-0.05, 0) is 47.6 Å². The van der Waals surface area contributed by atoms with Crippen LogP contribution < -0.4 is 5.32 Å². The van der Waals surface area contributed by atoms with Gasteiger partial charge < -0.3 is 5.32 Å². The van der Waals surface area contributed by atoms with Crippen molar-refractivity contribution >= 4 is 28.9 Å². The normalized spacial score (nSPS) is 24.9. The smallest absolute Gasteiger partial charge is 0.0645 e. The van der Waals surface area contributed by atoms with E-state index in [0.717, 1.165) is 18.4 Å². The molecule has 0 aromatic heterocycles. The largest absolute Gasteiger partial charge is 0.378 e. The van der Waals surface area contributed by atoms with Crippen LogP contribution >= 0.6 is 23.2 Å². The third kappa shape index (κ3) is 2.47. The molecule has 1 heterocycles. The molecule has 0 bridgehead atoms. The molecule has 3 atom stereocenters. The maximum absolute atomic E-state index is 6.50. The van der Waals surface area contributed by atoms with Gasteiger partial charge in [-0.25, -0.2) is 0 Å². The van der Waals surface area contributed by atoms with E-state index >= 15 is 0 Å². The number of benzene rings is 2. The summed E-state index contributed by atoms with van der Waals surface area (Å²) in [5, 5.41) is 5.02. The fraction of sp³-hybridized carbons (Fsp3) is 0.300. The predicted octanol–water partition coefficient (Wildman–Crippen LogP) is 6.38. The minimum atomic E-state index is 0.196. The third-order valence-electron chi connectivity index (χ3n) is 5.15. The average molecular weight is 344 g/mol. The van der Waals surface area contributed by atoms with E-state index in [9.17, 15) is 0 Å². The van der Waals surface area contributed by atoms with E-state index in [2.05, 4.69) is 48.7 Å². The Hall–Kier alpha value is -1.44. The van der Waals surface area contributed by atoms with Crippen molar-refractivity contribution < 1.29 is 0 Å². The molecule has 1 N–H and O–H groups in total. The Labute approximate surface area is 147 Å². The molecular formula is C20H19Cl2N. The molecule has 1 aliphatic carbocycles. The minimum Gasteiger partial charge on any atom is -0.378 e. The SMILES string of the molecule is CCc1ccc2c(c1)[C@@H]1C=CC[C@@H]1[C@H](c1cccc(Cl)c1Cl)N2. The van der Waals surface area contributed by atoms with Crippen molar-refractivity contribution in [1.82, 2.24) is 0 Å². The summed E-state index contributed by atoms with van der Waals surface area (Å²) >= 11 is 12.7. The van der Waals surface area contributed by atoms with Crippen LogP contribution in [-0.2, 0) is 6.42 Å². The number of hydrogen-bond acceptors (Lipinski definition) is 1. The molecule has 23 heavy (non-hydrogen) atoms. The fourth-order valence-electron chi connectivity index (χ4n) is 3.93. The Balaban J connectivity index is 1.81. The lowest BCUT2D eigenvalue weighted by molar-refractivity contribution is 0.425. The summed E-state index contributed by atoms with van der Waals surface area (Å²) in [6.45, 7) is 2.20. The van der Waals surface area contributed by atoms with Gasteiger partial charge in [0.25, 0.3) is 0 Å². The van der Waals surface area contributed by atoms with Crippen LogP contribution in [0.3, 0.4) is 0 Å². The first-order valence-electron chi connectivity index (χ1n) is 8.19. The summed E-state index contributed by atoms with van der Waals surface area (Å²) in [5.74, 6) is 0.948. The van der Waals surface area contributed by atoms with Crippen molar-refractivity contribution in [2.75, 3.05) is 5.32 Å². The van der Waals surface area contributed by atoms with Gasteiger partial charge >= 0.3 is 0 Å². The summed E-state index contributed by atoms with van der Waals surface area (Å²) < 4.78 is 0. The first-order chi connectivity index (χ1) is 11.2. The van der Waals surface area contributed by atoms with Gasteiger partial charge in [0.2, 0.25) is 0 Å². The molecule has 4 rings (SSSR count). The number of allylic oxidation sites excluding steroid dienone is 2. The van der Waals surface area contributed by atoms with E-state index in [4.69, 9.17) is 23.2 Å². The molecule has 0 radical (unpaired) electrons. The van der Waals surface area contributed by atoms with E-state index in [1.54, 1.807) is 0 Å². The molecule has 2 aromatic rings. The lowest BCUT2D eigenvalue weighted by Gasteiger charge is -2.38. The van der Waals surface area contributed by atoms with E-state index in [1.165, 1.54) is 16.8 Å².